The molecule has 0 unspecified atom stereocenters. The highest BCUT2D eigenvalue weighted by molar-refractivity contribution is 7.90. The number of aromatic nitrogens is 2. The van der Waals surface area contributed by atoms with Gasteiger partial charge in [-0.05, 0) is 25.5 Å². The van der Waals surface area contributed by atoms with Crippen molar-refractivity contribution in [1.29, 1.82) is 0 Å². The summed E-state index contributed by atoms with van der Waals surface area (Å²) in [5, 5.41) is 4.08. The Kier molecular flexibility index (Phi) is 2.79. The summed E-state index contributed by atoms with van der Waals surface area (Å²) in [6, 6.07) is 5.95. The molecule has 0 bridgehead atoms. The monoisotopic (exact) mass is 250 g/mol. The van der Waals surface area contributed by atoms with Gasteiger partial charge in [0.2, 0.25) is 0 Å². The summed E-state index contributed by atoms with van der Waals surface area (Å²) in [6.45, 7) is 3.99. The molecule has 4 nitrogen and oxygen atoms in total. The van der Waals surface area contributed by atoms with Crippen molar-refractivity contribution >= 4 is 9.84 Å². The number of rotatable bonds is 2. The van der Waals surface area contributed by atoms with Crippen LogP contribution in [0.3, 0.4) is 0 Å². The zero-order valence-electron chi connectivity index (χ0n) is 10.0. The van der Waals surface area contributed by atoms with E-state index in [0.717, 1.165) is 11.3 Å². The quantitative estimate of drug-likeness (QED) is 0.818. The van der Waals surface area contributed by atoms with Gasteiger partial charge in [0.1, 0.15) is 4.90 Å². The standard InChI is InChI=1S/C12H14N2O2S/c1-9-4-5-12(10(2)6-9)14-8-11(7-13-14)17(3,15)16/h4-8H,1-3H3. The van der Waals surface area contributed by atoms with E-state index < -0.39 is 9.84 Å². The molecule has 1 aromatic carbocycles. The Morgan fingerprint density at radius 2 is 1.94 bits per heavy atom. The summed E-state index contributed by atoms with van der Waals surface area (Å²) in [5.41, 5.74) is 3.13. The molecule has 0 saturated carbocycles. The molecule has 2 rings (SSSR count). The zero-order valence-corrected chi connectivity index (χ0v) is 10.8. The van der Waals surface area contributed by atoms with Crippen LogP contribution in [0.2, 0.25) is 0 Å². The first-order valence-electron chi connectivity index (χ1n) is 5.20. The highest BCUT2D eigenvalue weighted by atomic mass is 32.2. The summed E-state index contributed by atoms with van der Waals surface area (Å²) in [7, 11) is -3.19. The molecule has 0 atom stereocenters. The van der Waals surface area contributed by atoms with Gasteiger partial charge in [0.25, 0.3) is 0 Å². The second-order valence-electron chi connectivity index (χ2n) is 4.18. The summed E-state index contributed by atoms with van der Waals surface area (Å²) in [4.78, 5) is 0.234. The number of aryl methyl sites for hydroxylation is 2. The number of nitrogens with zero attached hydrogens (tertiary/aromatic N) is 2. The molecule has 0 spiro atoms. The normalized spacial score (nSPS) is 11.7. The minimum atomic E-state index is -3.19. The lowest BCUT2D eigenvalue weighted by atomic mass is 10.1. The predicted octanol–water partition coefficient (Wildman–Crippen LogP) is 1.89. The van der Waals surface area contributed by atoms with Gasteiger partial charge >= 0.3 is 0 Å². The van der Waals surface area contributed by atoms with Crippen molar-refractivity contribution in [1.82, 2.24) is 9.78 Å². The maximum absolute atomic E-state index is 11.4. The van der Waals surface area contributed by atoms with Crippen molar-refractivity contribution in [2.24, 2.45) is 0 Å². The minimum absolute atomic E-state index is 0.234. The average molecular weight is 250 g/mol. The van der Waals surface area contributed by atoms with Gasteiger partial charge in [-0.3, -0.25) is 0 Å². The number of sulfone groups is 1. The van der Waals surface area contributed by atoms with E-state index >= 15 is 0 Å². The first kappa shape index (κ1) is 11.9. The van der Waals surface area contributed by atoms with E-state index in [1.807, 2.05) is 32.0 Å². The van der Waals surface area contributed by atoms with E-state index in [2.05, 4.69) is 5.10 Å². The highest BCUT2D eigenvalue weighted by Crippen LogP contribution is 2.17. The van der Waals surface area contributed by atoms with Crippen LogP contribution in [0, 0.1) is 13.8 Å². The molecule has 2 aromatic rings. The number of benzene rings is 1. The molecule has 1 aromatic heterocycles. The minimum Gasteiger partial charge on any atom is -0.239 e. The van der Waals surface area contributed by atoms with Gasteiger partial charge in [-0.25, -0.2) is 13.1 Å². The second-order valence-corrected chi connectivity index (χ2v) is 6.20. The van der Waals surface area contributed by atoms with Crippen molar-refractivity contribution in [3.8, 4) is 5.69 Å². The Bertz CT molecular complexity index is 657. The van der Waals surface area contributed by atoms with E-state index in [1.165, 1.54) is 24.2 Å². The summed E-state index contributed by atoms with van der Waals surface area (Å²) in [5.74, 6) is 0. The molecule has 0 aliphatic heterocycles. The smallest absolute Gasteiger partial charge is 0.178 e. The first-order chi connectivity index (χ1) is 7.88. The molecule has 5 heteroatoms. The third kappa shape index (κ3) is 2.39. The van der Waals surface area contributed by atoms with Crippen LogP contribution in [0.15, 0.2) is 35.5 Å². The zero-order chi connectivity index (χ0) is 12.6. The third-order valence-electron chi connectivity index (χ3n) is 2.59. The number of hydrogen-bond acceptors (Lipinski definition) is 3. The average Bonchev–Trinajstić information content (AvgIpc) is 2.65. The largest absolute Gasteiger partial charge is 0.239 e. The summed E-state index contributed by atoms with van der Waals surface area (Å²) >= 11 is 0. The van der Waals surface area contributed by atoms with Crippen molar-refractivity contribution in [3.63, 3.8) is 0 Å². The van der Waals surface area contributed by atoms with Crippen LogP contribution in [-0.4, -0.2) is 24.5 Å². The van der Waals surface area contributed by atoms with E-state index in [1.54, 1.807) is 4.68 Å². The predicted molar refractivity (Wildman–Crippen MR) is 66.1 cm³/mol. The van der Waals surface area contributed by atoms with Crippen LogP contribution >= 0.6 is 0 Å². The van der Waals surface area contributed by atoms with Crippen LogP contribution in [-0.2, 0) is 9.84 Å². The van der Waals surface area contributed by atoms with Crippen molar-refractivity contribution < 1.29 is 8.42 Å². The van der Waals surface area contributed by atoms with Crippen molar-refractivity contribution in [2.75, 3.05) is 6.26 Å². The van der Waals surface area contributed by atoms with Crippen LogP contribution in [0.4, 0.5) is 0 Å². The first-order valence-corrected chi connectivity index (χ1v) is 7.09. The van der Waals surface area contributed by atoms with Crippen LogP contribution in [0.1, 0.15) is 11.1 Å². The van der Waals surface area contributed by atoms with Gasteiger partial charge in [0.15, 0.2) is 9.84 Å². The Morgan fingerprint density at radius 3 is 2.47 bits per heavy atom. The Morgan fingerprint density at radius 1 is 1.24 bits per heavy atom. The van der Waals surface area contributed by atoms with Gasteiger partial charge < -0.3 is 0 Å². The fourth-order valence-corrected chi connectivity index (χ4v) is 2.22. The molecule has 0 fully saturated rings. The van der Waals surface area contributed by atoms with Crippen LogP contribution < -0.4 is 0 Å². The molecule has 90 valence electrons. The Balaban J connectivity index is 2.51. The van der Waals surface area contributed by atoms with Gasteiger partial charge in [-0.2, -0.15) is 5.10 Å². The maximum atomic E-state index is 11.4. The van der Waals surface area contributed by atoms with E-state index in [9.17, 15) is 8.42 Å². The molecule has 0 saturated heterocycles. The number of hydrogen-bond donors (Lipinski definition) is 0. The van der Waals surface area contributed by atoms with Gasteiger partial charge in [-0.1, -0.05) is 17.7 Å². The van der Waals surface area contributed by atoms with Gasteiger partial charge in [0.05, 0.1) is 11.9 Å². The van der Waals surface area contributed by atoms with E-state index in [4.69, 9.17) is 0 Å². The molecule has 0 aliphatic rings. The molecule has 0 amide bonds. The summed E-state index contributed by atoms with van der Waals surface area (Å²) in [6.07, 6.45) is 4.08. The fraction of sp³-hybridized carbons (Fsp3) is 0.250. The lowest BCUT2D eigenvalue weighted by Gasteiger charge is -2.06. The molecule has 0 N–H and O–H groups in total. The molecule has 0 radical (unpaired) electrons. The third-order valence-corrected chi connectivity index (χ3v) is 3.65. The molecular weight excluding hydrogens is 236 g/mol. The summed E-state index contributed by atoms with van der Waals surface area (Å²) < 4.78 is 24.3. The Labute approximate surface area is 101 Å². The van der Waals surface area contributed by atoms with E-state index in [0.29, 0.717) is 0 Å². The lowest BCUT2D eigenvalue weighted by Crippen LogP contribution is -1.98. The highest BCUT2D eigenvalue weighted by Gasteiger charge is 2.11. The van der Waals surface area contributed by atoms with Crippen LogP contribution in [0.5, 0.6) is 0 Å². The molecule has 1 heterocycles. The van der Waals surface area contributed by atoms with Crippen molar-refractivity contribution in [3.05, 3.63) is 41.7 Å². The topological polar surface area (TPSA) is 52.0 Å². The van der Waals surface area contributed by atoms with E-state index in [-0.39, 0.29) is 4.90 Å². The molecule has 17 heavy (non-hydrogen) atoms. The lowest BCUT2D eigenvalue weighted by molar-refractivity contribution is 0.602. The van der Waals surface area contributed by atoms with Gasteiger partial charge in [0, 0.05) is 12.5 Å². The molecular formula is C12H14N2O2S. The second kappa shape index (κ2) is 4.00. The maximum Gasteiger partial charge on any atom is 0.178 e. The van der Waals surface area contributed by atoms with Crippen molar-refractivity contribution in [2.45, 2.75) is 18.7 Å². The van der Waals surface area contributed by atoms with Gasteiger partial charge in [-0.15, -0.1) is 0 Å². The van der Waals surface area contributed by atoms with Crippen LogP contribution in [0.25, 0.3) is 5.69 Å². The molecule has 0 aliphatic carbocycles. The Hall–Kier alpha value is -1.62. The SMILES string of the molecule is Cc1ccc(-n2cc(S(C)(=O)=O)cn2)c(C)c1. The fourth-order valence-electron chi connectivity index (χ4n) is 1.69.